The third-order valence-corrected chi connectivity index (χ3v) is 3.28. The van der Waals surface area contributed by atoms with E-state index >= 15 is 0 Å². The van der Waals surface area contributed by atoms with Crippen molar-refractivity contribution in [3.63, 3.8) is 0 Å². The van der Waals surface area contributed by atoms with Gasteiger partial charge in [0, 0.05) is 13.5 Å². The number of benzene rings is 1. The molecule has 0 fully saturated rings. The maximum absolute atomic E-state index is 10.5. The van der Waals surface area contributed by atoms with E-state index in [4.69, 9.17) is 11.6 Å². The molecule has 2 nitrogen and oxygen atoms in total. The Hall–Kier alpha value is 1.35. The molecule has 0 saturated carbocycles. The van der Waals surface area contributed by atoms with Crippen molar-refractivity contribution in [2.24, 2.45) is 0 Å². The molecule has 0 aliphatic heterocycles. The van der Waals surface area contributed by atoms with Gasteiger partial charge in [0.2, 0.25) is 0 Å². The van der Waals surface area contributed by atoms with Gasteiger partial charge in [-0.2, -0.15) is 0 Å². The van der Waals surface area contributed by atoms with E-state index in [1.54, 1.807) is 12.1 Å². The Morgan fingerprint density at radius 2 is 2.08 bits per heavy atom. The van der Waals surface area contributed by atoms with Crippen LogP contribution in [0.5, 0.6) is 0 Å². The normalized spacial score (nSPS) is 11.9. The molecule has 0 N–H and O–H groups in total. The van der Waals surface area contributed by atoms with Gasteiger partial charge in [0.15, 0.2) is 0 Å². The van der Waals surface area contributed by atoms with Gasteiger partial charge in [-0.25, -0.2) is 0 Å². The van der Waals surface area contributed by atoms with Crippen LogP contribution in [0.25, 0.3) is 0 Å². The fourth-order valence-electron chi connectivity index (χ4n) is 0.610. The molecule has 1 aromatic carbocycles. The summed E-state index contributed by atoms with van der Waals surface area (Å²) in [6, 6.07) is 4.63. The van der Waals surface area contributed by atoms with Crippen LogP contribution >= 0.6 is 34.2 Å². The van der Waals surface area contributed by atoms with E-state index in [0.717, 1.165) is 0 Å². The molecule has 0 aromatic heterocycles. The number of hydrogen-bond donors (Lipinski definition) is 0. The Balaban J connectivity index is 0.00000121. The minimum atomic E-state index is -2.16. The molecule has 6 heteroatoms. The number of hydrogen-bond acceptors (Lipinski definition) is 2. The molecule has 1 aromatic rings. The van der Waals surface area contributed by atoms with Gasteiger partial charge in [0.1, 0.15) is 0 Å². The average molecular weight is 325 g/mol. The van der Waals surface area contributed by atoms with Crippen LogP contribution in [0.3, 0.4) is 0 Å². The number of rotatable bonds is 1. The van der Waals surface area contributed by atoms with E-state index in [1.807, 2.05) is 22.6 Å². The maximum atomic E-state index is 10.5. The van der Waals surface area contributed by atoms with Gasteiger partial charge < -0.3 is 4.55 Å². The molecule has 0 aliphatic rings. The quantitative estimate of drug-likeness (QED) is 0.385. The third kappa shape index (κ3) is 3.61. The smallest absolute Gasteiger partial charge is 0.768 e. The molecule has 0 aliphatic carbocycles. The van der Waals surface area contributed by atoms with Gasteiger partial charge in [-0.3, -0.25) is 4.21 Å². The van der Waals surface area contributed by atoms with Crippen LogP contribution in [0, 0.1) is 3.57 Å². The van der Waals surface area contributed by atoms with Crippen LogP contribution in [-0.2, 0) is 11.1 Å². The van der Waals surface area contributed by atoms with Crippen LogP contribution in [0.1, 0.15) is 0 Å². The average Bonchev–Trinajstić information content (AvgIpc) is 1.85. The first-order valence-corrected chi connectivity index (χ1v) is 5.19. The van der Waals surface area contributed by atoms with Crippen LogP contribution in [0.4, 0.5) is 0 Å². The van der Waals surface area contributed by atoms with Gasteiger partial charge in [-0.1, -0.05) is 11.6 Å². The zero-order chi connectivity index (χ0) is 8.43. The Kier molecular flexibility index (Phi) is 6.62. The van der Waals surface area contributed by atoms with Crippen molar-refractivity contribution in [1.82, 2.24) is 0 Å². The SMILES string of the molecule is O=S([O-])c1ccc(Cl)cc1I.[Na+]. The Bertz CT molecular complexity index is 308. The number of halogens is 2. The van der Waals surface area contributed by atoms with Crippen molar-refractivity contribution in [2.75, 3.05) is 0 Å². The molecule has 12 heavy (non-hydrogen) atoms. The molecular formula is C6H3ClINaO2S. The van der Waals surface area contributed by atoms with Crippen LogP contribution in [-0.4, -0.2) is 8.76 Å². The second kappa shape index (κ2) is 5.95. The summed E-state index contributed by atoms with van der Waals surface area (Å²) in [4.78, 5) is 0.287. The zero-order valence-electron chi connectivity index (χ0n) is 6.21. The van der Waals surface area contributed by atoms with Crippen molar-refractivity contribution >= 4 is 45.3 Å². The first-order valence-electron chi connectivity index (χ1n) is 2.65. The summed E-state index contributed by atoms with van der Waals surface area (Å²) in [5, 5.41) is 0.545. The van der Waals surface area contributed by atoms with Gasteiger partial charge in [0.05, 0.1) is 0 Å². The largest absolute Gasteiger partial charge is 1.00 e. The fraction of sp³-hybridized carbons (Fsp3) is 0. The maximum Gasteiger partial charge on any atom is 1.00 e. The molecule has 0 radical (unpaired) electrons. The van der Waals surface area contributed by atoms with Crippen molar-refractivity contribution in [1.29, 1.82) is 0 Å². The monoisotopic (exact) mass is 324 g/mol. The second-order valence-corrected chi connectivity index (χ2v) is 4.32. The second-order valence-electron chi connectivity index (χ2n) is 1.81. The molecule has 0 heterocycles. The van der Waals surface area contributed by atoms with Gasteiger partial charge in [0.25, 0.3) is 0 Å². The summed E-state index contributed by atoms with van der Waals surface area (Å²) in [5.74, 6) is 0. The first kappa shape index (κ1) is 13.4. The van der Waals surface area contributed by atoms with E-state index in [1.165, 1.54) is 6.07 Å². The third-order valence-electron chi connectivity index (χ3n) is 1.07. The Labute approximate surface area is 114 Å². The topological polar surface area (TPSA) is 40.1 Å². The van der Waals surface area contributed by atoms with Crippen LogP contribution < -0.4 is 29.6 Å². The summed E-state index contributed by atoms with van der Waals surface area (Å²) >= 11 is 5.37. The minimum Gasteiger partial charge on any atom is -0.768 e. The first-order chi connectivity index (χ1) is 5.11. The van der Waals surface area contributed by atoms with E-state index in [0.29, 0.717) is 8.59 Å². The molecule has 0 saturated heterocycles. The summed E-state index contributed by atoms with van der Waals surface area (Å²) < 4.78 is 21.6. The van der Waals surface area contributed by atoms with Gasteiger partial charge >= 0.3 is 29.6 Å². The summed E-state index contributed by atoms with van der Waals surface area (Å²) in [6.45, 7) is 0. The van der Waals surface area contributed by atoms with Gasteiger partial charge in [-0.15, -0.1) is 0 Å². The summed E-state index contributed by atoms with van der Waals surface area (Å²) in [7, 11) is 0. The van der Waals surface area contributed by atoms with E-state index in [2.05, 4.69) is 0 Å². The molecule has 0 bridgehead atoms. The summed E-state index contributed by atoms with van der Waals surface area (Å²) in [5.41, 5.74) is 0. The van der Waals surface area contributed by atoms with E-state index in [9.17, 15) is 8.76 Å². The Morgan fingerprint density at radius 1 is 1.50 bits per heavy atom. The van der Waals surface area contributed by atoms with E-state index < -0.39 is 11.1 Å². The molecule has 60 valence electrons. The zero-order valence-corrected chi connectivity index (χ0v) is 11.9. The molecule has 1 rings (SSSR count). The molecule has 1 unspecified atom stereocenters. The fourth-order valence-corrected chi connectivity index (χ4v) is 2.42. The van der Waals surface area contributed by atoms with E-state index in [-0.39, 0.29) is 34.5 Å². The molecule has 0 spiro atoms. The van der Waals surface area contributed by atoms with Crippen molar-refractivity contribution in [2.45, 2.75) is 4.90 Å². The minimum absolute atomic E-state index is 0. The van der Waals surface area contributed by atoms with Crippen molar-refractivity contribution < 1.29 is 38.3 Å². The van der Waals surface area contributed by atoms with Crippen LogP contribution in [0.2, 0.25) is 5.02 Å². The van der Waals surface area contributed by atoms with Crippen molar-refractivity contribution in [3.8, 4) is 0 Å². The Morgan fingerprint density at radius 3 is 2.50 bits per heavy atom. The molecular weight excluding hydrogens is 321 g/mol. The predicted molar refractivity (Wildman–Crippen MR) is 51.4 cm³/mol. The van der Waals surface area contributed by atoms with Crippen LogP contribution in [0.15, 0.2) is 23.1 Å². The molecule has 1 atom stereocenters. The van der Waals surface area contributed by atoms with Gasteiger partial charge in [-0.05, 0) is 51.9 Å². The standard InChI is InChI=1S/C6H4ClIO2S.Na/c7-4-1-2-6(11(9)10)5(8)3-4;/h1-3H,(H,9,10);/q;+1/p-1. The molecule has 0 amide bonds. The van der Waals surface area contributed by atoms with Crippen molar-refractivity contribution in [3.05, 3.63) is 26.8 Å². The predicted octanol–water partition coefficient (Wildman–Crippen LogP) is -0.813. The summed E-state index contributed by atoms with van der Waals surface area (Å²) in [6.07, 6.45) is 0.